The fourth-order valence-corrected chi connectivity index (χ4v) is 2.78. The van der Waals surface area contributed by atoms with E-state index in [2.05, 4.69) is 20.9 Å². The third-order valence-electron chi connectivity index (χ3n) is 3.11. The van der Waals surface area contributed by atoms with Crippen LogP contribution in [0.5, 0.6) is 11.5 Å². The molecule has 0 aliphatic heterocycles. The highest BCUT2D eigenvalue weighted by Gasteiger charge is 2.19. The molecule has 20 heavy (non-hydrogen) atoms. The van der Waals surface area contributed by atoms with Gasteiger partial charge in [0.25, 0.3) is 0 Å². The molecular weight excluding hydrogens is 320 g/mol. The van der Waals surface area contributed by atoms with Gasteiger partial charge in [-0.3, -0.25) is 4.98 Å². The minimum Gasteiger partial charge on any atom is -0.495 e. The van der Waals surface area contributed by atoms with Gasteiger partial charge in [-0.2, -0.15) is 0 Å². The second kappa shape index (κ2) is 6.24. The van der Waals surface area contributed by atoms with Crippen molar-refractivity contribution in [3.05, 3.63) is 51.8 Å². The molecule has 1 atom stereocenters. The number of ether oxygens (including phenoxy) is 2. The maximum atomic E-state index is 6.34. The quantitative estimate of drug-likeness (QED) is 0.931. The van der Waals surface area contributed by atoms with Gasteiger partial charge in [-0.15, -0.1) is 0 Å². The average Bonchev–Trinajstić information content (AvgIpc) is 2.46. The molecule has 0 spiro atoms. The third-order valence-corrected chi connectivity index (χ3v) is 3.86. The SMILES string of the molecule is COc1ccc(C(N)c2cncc(C)c2)c(OC)c1Br. The molecule has 4 nitrogen and oxygen atoms in total. The first kappa shape index (κ1) is 14.8. The number of benzene rings is 1. The molecule has 106 valence electrons. The van der Waals surface area contributed by atoms with Crippen LogP contribution in [0.1, 0.15) is 22.7 Å². The molecule has 0 radical (unpaired) electrons. The molecule has 0 saturated heterocycles. The highest BCUT2D eigenvalue weighted by molar-refractivity contribution is 9.10. The van der Waals surface area contributed by atoms with Crippen molar-refractivity contribution in [1.82, 2.24) is 4.98 Å². The van der Waals surface area contributed by atoms with E-state index in [-0.39, 0.29) is 6.04 Å². The van der Waals surface area contributed by atoms with Gasteiger partial charge in [0.1, 0.15) is 16.0 Å². The molecule has 1 heterocycles. The van der Waals surface area contributed by atoms with Gasteiger partial charge in [-0.1, -0.05) is 6.07 Å². The summed E-state index contributed by atoms with van der Waals surface area (Å²) in [6.07, 6.45) is 3.58. The fourth-order valence-electron chi connectivity index (χ4n) is 2.09. The van der Waals surface area contributed by atoms with Crippen molar-refractivity contribution in [2.24, 2.45) is 5.73 Å². The maximum absolute atomic E-state index is 6.34. The number of nitrogens with zero attached hydrogens (tertiary/aromatic N) is 1. The van der Waals surface area contributed by atoms with Crippen LogP contribution in [0.25, 0.3) is 0 Å². The normalized spacial score (nSPS) is 12.1. The molecule has 1 aromatic heterocycles. The van der Waals surface area contributed by atoms with Crippen molar-refractivity contribution in [3.8, 4) is 11.5 Å². The summed E-state index contributed by atoms with van der Waals surface area (Å²) in [4.78, 5) is 4.19. The Balaban J connectivity index is 2.49. The van der Waals surface area contributed by atoms with Crippen LogP contribution in [0, 0.1) is 6.92 Å². The van der Waals surface area contributed by atoms with Gasteiger partial charge in [0.05, 0.1) is 20.3 Å². The molecule has 1 aromatic carbocycles. The van der Waals surface area contributed by atoms with Crippen molar-refractivity contribution < 1.29 is 9.47 Å². The summed E-state index contributed by atoms with van der Waals surface area (Å²) in [7, 11) is 3.23. The fraction of sp³-hybridized carbons (Fsp3) is 0.267. The molecule has 0 bridgehead atoms. The third kappa shape index (κ3) is 2.78. The molecular formula is C15H17BrN2O2. The zero-order valence-electron chi connectivity index (χ0n) is 11.7. The van der Waals surface area contributed by atoms with Crippen molar-refractivity contribution >= 4 is 15.9 Å². The number of aromatic nitrogens is 1. The van der Waals surface area contributed by atoms with Crippen LogP contribution in [-0.4, -0.2) is 19.2 Å². The van der Waals surface area contributed by atoms with E-state index in [0.717, 1.165) is 21.2 Å². The van der Waals surface area contributed by atoms with Crippen molar-refractivity contribution in [1.29, 1.82) is 0 Å². The first-order chi connectivity index (χ1) is 9.58. The number of hydrogen-bond acceptors (Lipinski definition) is 4. The number of nitrogens with two attached hydrogens (primary N) is 1. The monoisotopic (exact) mass is 336 g/mol. The summed E-state index contributed by atoms with van der Waals surface area (Å²) in [5, 5.41) is 0. The lowest BCUT2D eigenvalue weighted by molar-refractivity contribution is 0.385. The maximum Gasteiger partial charge on any atom is 0.141 e. The van der Waals surface area contributed by atoms with Crippen LogP contribution >= 0.6 is 15.9 Å². The zero-order valence-corrected chi connectivity index (χ0v) is 13.3. The lowest BCUT2D eigenvalue weighted by atomic mass is 9.99. The highest BCUT2D eigenvalue weighted by Crippen LogP contribution is 2.40. The Morgan fingerprint density at radius 1 is 1.20 bits per heavy atom. The topological polar surface area (TPSA) is 57.4 Å². The largest absolute Gasteiger partial charge is 0.495 e. The molecule has 2 aromatic rings. The van der Waals surface area contributed by atoms with Crippen molar-refractivity contribution in [2.45, 2.75) is 13.0 Å². The number of aryl methyl sites for hydroxylation is 1. The molecule has 0 fully saturated rings. The predicted octanol–water partition coefficient (Wildman–Crippen LogP) is 3.22. The van der Waals surface area contributed by atoms with Crippen LogP contribution in [0.4, 0.5) is 0 Å². The smallest absolute Gasteiger partial charge is 0.141 e. The van der Waals surface area contributed by atoms with E-state index in [0.29, 0.717) is 11.5 Å². The van der Waals surface area contributed by atoms with Crippen LogP contribution in [0.15, 0.2) is 35.1 Å². The summed E-state index contributed by atoms with van der Waals surface area (Å²) >= 11 is 3.49. The Kier molecular flexibility index (Phi) is 4.62. The van der Waals surface area contributed by atoms with E-state index in [4.69, 9.17) is 15.2 Å². The summed E-state index contributed by atoms with van der Waals surface area (Å²) in [5.41, 5.74) is 9.24. The molecule has 0 amide bonds. The molecule has 0 aliphatic carbocycles. The van der Waals surface area contributed by atoms with Crippen LogP contribution in [0.2, 0.25) is 0 Å². The number of rotatable bonds is 4. The molecule has 0 saturated carbocycles. The highest BCUT2D eigenvalue weighted by atomic mass is 79.9. The van der Waals surface area contributed by atoms with Gasteiger partial charge < -0.3 is 15.2 Å². The Bertz CT molecular complexity index is 617. The molecule has 1 unspecified atom stereocenters. The van der Waals surface area contributed by atoms with E-state index in [1.54, 1.807) is 26.6 Å². The summed E-state index contributed by atoms with van der Waals surface area (Å²) in [6, 6.07) is 5.50. The average molecular weight is 337 g/mol. The van der Waals surface area contributed by atoms with E-state index < -0.39 is 0 Å². The van der Waals surface area contributed by atoms with Crippen molar-refractivity contribution in [3.63, 3.8) is 0 Å². The second-order valence-electron chi connectivity index (χ2n) is 4.48. The summed E-state index contributed by atoms with van der Waals surface area (Å²) in [6.45, 7) is 1.99. The van der Waals surface area contributed by atoms with Crippen LogP contribution in [-0.2, 0) is 0 Å². The minimum atomic E-state index is -0.306. The molecule has 2 N–H and O–H groups in total. The molecule has 2 rings (SSSR count). The van der Waals surface area contributed by atoms with E-state index in [1.807, 2.05) is 25.1 Å². The molecule has 5 heteroatoms. The Morgan fingerprint density at radius 2 is 1.95 bits per heavy atom. The van der Waals surface area contributed by atoms with Gasteiger partial charge >= 0.3 is 0 Å². The Labute approximate surface area is 127 Å². The van der Waals surface area contributed by atoms with Crippen LogP contribution < -0.4 is 15.2 Å². The minimum absolute atomic E-state index is 0.306. The standard InChI is InChI=1S/C15H17BrN2O2/c1-9-6-10(8-18-7-9)14(17)11-4-5-12(19-2)13(16)15(11)20-3/h4-8,14H,17H2,1-3H3. The second-order valence-corrected chi connectivity index (χ2v) is 5.27. The number of methoxy groups -OCH3 is 2. The van der Waals surface area contributed by atoms with Gasteiger partial charge in [0, 0.05) is 18.0 Å². The van der Waals surface area contributed by atoms with Gasteiger partial charge in [-0.05, 0) is 46.1 Å². The van der Waals surface area contributed by atoms with Gasteiger partial charge in [-0.25, -0.2) is 0 Å². The predicted molar refractivity (Wildman–Crippen MR) is 82.3 cm³/mol. The first-order valence-electron chi connectivity index (χ1n) is 6.16. The lowest BCUT2D eigenvalue weighted by Gasteiger charge is -2.18. The van der Waals surface area contributed by atoms with E-state index in [1.165, 1.54) is 0 Å². The first-order valence-corrected chi connectivity index (χ1v) is 6.95. The Morgan fingerprint density at radius 3 is 2.55 bits per heavy atom. The summed E-state index contributed by atoms with van der Waals surface area (Å²) in [5.74, 6) is 1.39. The summed E-state index contributed by atoms with van der Waals surface area (Å²) < 4.78 is 11.5. The van der Waals surface area contributed by atoms with Gasteiger partial charge in [0.15, 0.2) is 0 Å². The number of halogens is 1. The lowest BCUT2D eigenvalue weighted by Crippen LogP contribution is -2.14. The van der Waals surface area contributed by atoms with Crippen molar-refractivity contribution in [2.75, 3.05) is 14.2 Å². The zero-order chi connectivity index (χ0) is 14.7. The van der Waals surface area contributed by atoms with E-state index in [9.17, 15) is 0 Å². The Hall–Kier alpha value is -1.59. The molecule has 0 aliphatic rings. The van der Waals surface area contributed by atoms with E-state index >= 15 is 0 Å². The number of pyridine rings is 1. The van der Waals surface area contributed by atoms with Crippen LogP contribution in [0.3, 0.4) is 0 Å². The van der Waals surface area contributed by atoms with Gasteiger partial charge in [0.2, 0.25) is 0 Å². The number of hydrogen-bond donors (Lipinski definition) is 1.